The van der Waals surface area contributed by atoms with E-state index in [9.17, 15) is 14.4 Å². The normalized spacial score (nSPS) is 10.1. The number of halogens is 1. The van der Waals surface area contributed by atoms with E-state index in [0.717, 1.165) is 5.56 Å². The Kier molecular flexibility index (Phi) is 8.93. The Morgan fingerprint density at radius 2 is 1.60 bits per heavy atom. The molecule has 0 unspecified atom stereocenters. The van der Waals surface area contributed by atoms with E-state index in [1.54, 1.807) is 54.6 Å². The second-order valence-corrected chi connectivity index (χ2v) is 8.61. The summed E-state index contributed by atoms with van der Waals surface area (Å²) in [5, 5.41) is 5.21. The highest BCUT2D eigenvalue weighted by molar-refractivity contribution is 9.10. The number of benzene rings is 3. The van der Waals surface area contributed by atoms with Gasteiger partial charge in [-0.05, 0) is 80.2 Å². The van der Waals surface area contributed by atoms with E-state index in [2.05, 4.69) is 37.4 Å². The topological polar surface area (TPSA) is 109 Å². The number of carbonyl (C=O) groups excluding carboxylic acids is 3. The zero-order valence-electron chi connectivity index (χ0n) is 19.0. The summed E-state index contributed by atoms with van der Waals surface area (Å²) in [6.07, 6.45) is 0. The quantitative estimate of drug-likeness (QED) is 0.266. The number of hydrogen-bond donors (Lipinski definition) is 4. The van der Waals surface area contributed by atoms with Gasteiger partial charge in [-0.25, -0.2) is 0 Å². The molecule has 180 valence electrons. The molecule has 0 fully saturated rings. The van der Waals surface area contributed by atoms with Crippen molar-refractivity contribution in [2.24, 2.45) is 0 Å². The van der Waals surface area contributed by atoms with Gasteiger partial charge in [0.2, 0.25) is 0 Å². The standard InChI is InChI=1S/C25H23BrN4O4S/c1-3-34-21-13-10-17(26)14-20(21)24(33)28-25(35)30-29-22(31)16-8-11-18(12-9-16)27-23(32)19-7-5-4-6-15(19)2/h4-14H,3H2,1-2H3,(H,27,32)(H,29,31)(H2,28,30,33,35). The third-order valence-electron chi connectivity index (χ3n) is 4.80. The van der Waals surface area contributed by atoms with Crippen molar-refractivity contribution in [1.29, 1.82) is 0 Å². The molecule has 0 aliphatic carbocycles. The van der Waals surface area contributed by atoms with Crippen LogP contribution in [0.1, 0.15) is 43.6 Å². The van der Waals surface area contributed by atoms with Gasteiger partial charge in [-0.3, -0.25) is 30.6 Å². The van der Waals surface area contributed by atoms with Crippen molar-refractivity contribution in [3.8, 4) is 5.75 Å². The fourth-order valence-electron chi connectivity index (χ4n) is 3.08. The number of nitrogens with one attached hydrogen (secondary N) is 4. The van der Waals surface area contributed by atoms with Crippen LogP contribution in [0.25, 0.3) is 0 Å². The van der Waals surface area contributed by atoms with Crippen LogP contribution in [0.2, 0.25) is 0 Å². The minimum Gasteiger partial charge on any atom is -0.493 e. The summed E-state index contributed by atoms with van der Waals surface area (Å²) < 4.78 is 6.18. The molecule has 0 aliphatic heterocycles. The number of amides is 3. The number of aryl methyl sites for hydroxylation is 1. The van der Waals surface area contributed by atoms with E-state index in [1.807, 2.05) is 26.0 Å². The maximum atomic E-state index is 12.6. The predicted octanol–water partition coefficient (Wildman–Crippen LogP) is 4.36. The van der Waals surface area contributed by atoms with Crippen molar-refractivity contribution in [2.75, 3.05) is 11.9 Å². The monoisotopic (exact) mass is 554 g/mol. The van der Waals surface area contributed by atoms with Crippen LogP contribution in [0.3, 0.4) is 0 Å². The van der Waals surface area contributed by atoms with Crippen molar-refractivity contribution in [3.63, 3.8) is 0 Å². The van der Waals surface area contributed by atoms with Crippen LogP contribution in [0.4, 0.5) is 5.69 Å². The lowest BCUT2D eigenvalue weighted by Gasteiger charge is -2.13. The van der Waals surface area contributed by atoms with E-state index in [-0.39, 0.29) is 11.0 Å². The van der Waals surface area contributed by atoms with Crippen LogP contribution < -0.4 is 26.2 Å². The Balaban J connectivity index is 1.53. The fourth-order valence-corrected chi connectivity index (χ4v) is 3.58. The van der Waals surface area contributed by atoms with Crippen molar-refractivity contribution in [2.45, 2.75) is 13.8 Å². The summed E-state index contributed by atoms with van der Waals surface area (Å²) in [6.45, 7) is 4.07. The average molecular weight is 555 g/mol. The summed E-state index contributed by atoms with van der Waals surface area (Å²) in [7, 11) is 0. The predicted molar refractivity (Wildman–Crippen MR) is 142 cm³/mol. The molecule has 0 radical (unpaired) electrons. The molecule has 0 saturated carbocycles. The third-order valence-corrected chi connectivity index (χ3v) is 5.49. The molecule has 0 saturated heterocycles. The molecule has 0 heterocycles. The first-order valence-corrected chi connectivity index (χ1v) is 11.8. The number of thiocarbonyl (C=S) groups is 1. The zero-order valence-corrected chi connectivity index (χ0v) is 21.4. The SMILES string of the molecule is CCOc1ccc(Br)cc1C(=O)NC(=S)NNC(=O)c1ccc(NC(=O)c2ccccc2C)cc1. The molecule has 3 amide bonds. The Morgan fingerprint density at radius 1 is 0.886 bits per heavy atom. The van der Waals surface area contributed by atoms with Gasteiger partial charge in [0.05, 0.1) is 12.2 Å². The first-order valence-electron chi connectivity index (χ1n) is 10.6. The Labute approximate surface area is 216 Å². The molecule has 3 aromatic carbocycles. The smallest absolute Gasteiger partial charge is 0.269 e. The molecule has 35 heavy (non-hydrogen) atoms. The molecule has 0 aliphatic rings. The molecular weight excluding hydrogens is 532 g/mol. The van der Waals surface area contributed by atoms with Crippen LogP contribution in [0.5, 0.6) is 5.75 Å². The minimum absolute atomic E-state index is 0.0899. The van der Waals surface area contributed by atoms with E-state index in [0.29, 0.717) is 39.2 Å². The molecule has 0 atom stereocenters. The van der Waals surface area contributed by atoms with Gasteiger partial charge < -0.3 is 10.1 Å². The maximum absolute atomic E-state index is 12.6. The van der Waals surface area contributed by atoms with Gasteiger partial charge in [-0.1, -0.05) is 34.1 Å². The van der Waals surface area contributed by atoms with Crippen molar-refractivity contribution >= 4 is 56.7 Å². The van der Waals surface area contributed by atoms with Crippen LogP contribution in [0.15, 0.2) is 71.2 Å². The van der Waals surface area contributed by atoms with Gasteiger partial charge in [0.1, 0.15) is 5.75 Å². The number of anilines is 1. The lowest BCUT2D eigenvalue weighted by Crippen LogP contribution is -2.48. The van der Waals surface area contributed by atoms with Crippen LogP contribution in [0, 0.1) is 6.92 Å². The van der Waals surface area contributed by atoms with Gasteiger partial charge >= 0.3 is 0 Å². The highest BCUT2D eigenvalue weighted by Gasteiger charge is 2.15. The molecule has 10 heteroatoms. The number of hydrazine groups is 1. The minimum atomic E-state index is -0.491. The van der Waals surface area contributed by atoms with Gasteiger partial charge in [-0.15, -0.1) is 0 Å². The van der Waals surface area contributed by atoms with E-state index in [4.69, 9.17) is 17.0 Å². The summed E-state index contributed by atoms with van der Waals surface area (Å²) in [5.41, 5.74) is 7.53. The van der Waals surface area contributed by atoms with Gasteiger partial charge in [0, 0.05) is 21.3 Å². The van der Waals surface area contributed by atoms with E-state index < -0.39 is 11.8 Å². The number of rotatable bonds is 6. The number of ether oxygens (including phenoxy) is 1. The molecule has 3 aromatic rings. The highest BCUT2D eigenvalue weighted by atomic mass is 79.9. The maximum Gasteiger partial charge on any atom is 0.269 e. The first-order chi connectivity index (χ1) is 16.8. The second-order valence-electron chi connectivity index (χ2n) is 7.28. The lowest BCUT2D eigenvalue weighted by atomic mass is 10.1. The van der Waals surface area contributed by atoms with Crippen molar-refractivity contribution in [3.05, 3.63) is 93.5 Å². The molecule has 4 N–H and O–H groups in total. The van der Waals surface area contributed by atoms with Crippen molar-refractivity contribution < 1.29 is 19.1 Å². The third kappa shape index (κ3) is 7.11. The van der Waals surface area contributed by atoms with Crippen LogP contribution >= 0.6 is 28.1 Å². The molecule has 0 spiro atoms. The van der Waals surface area contributed by atoms with Crippen LogP contribution in [-0.2, 0) is 0 Å². The molecule has 0 aromatic heterocycles. The van der Waals surface area contributed by atoms with Gasteiger partial charge in [-0.2, -0.15) is 0 Å². The Hall–Kier alpha value is -3.76. The zero-order chi connectivity index (χ0) is 25.4. The molecule has 8 nitrogen and oxygen atoms in total. The summed E-state index contributed by atoms with van der Waals surface area (Å²) in [5.74, 6) is -0.790. The summed E-state index contributed by atoms with van der Waals surface area (Å²) >= 11 is 8.43. The summed E-state index contributed by atoms with van der Waals surface area (Å²) in [6, 6.07) is 18.7. The van der Waals surface area contributed by atoms with E-state index in [1.165, 1.54) is 0 Å². The highest BCUT2D eigenvalue weighted by Crippen LogP contribution is 2.23. The van der Waals surface area contributed by atoms with E-state index >= 15 is 0 Å². The lowest BCUT2D eigenvalue weighted by molar-refractivity contribution is 0.0933. The molecule has 3 rings (SSSR count). The fraction of sp³-hybridized carbons (Fsp3) is 0.120. The molecule has 0 bridgehead atoms. The number of hydrogen-bond acceptors (Lipinski definition) is 5. The van der Waals surface area contributed by atoms with Crippen LogP contribution in [-0.4, -0.2) is 29.4 Å². The number of carbonyl (C=O) groups is 3. The Bertz CT molecular complexity index is 1260. The molecular formula is C25H23BrN4O4S. The average Bonchev–Trinajstić information content (AvgIpc) is 2.84. The van der Waals surface area contributed by atoms with Gasteiger partial charge in [0.25, 0.3) is 17.7 Å². The second kappa shape index (κ2) is 12.1. The van der Waals surface area contributed by atoms with Crippen molar-refractivity contribution in [1.82, 2.24) is 16.2 Å². The largest absolute Gasteiger partial charge is 0.493 e. The van der Waals surface area contributed by atoms with Gasteiger partial charge in [0.15, 0.2) is 5.11 Å². The Morgan fingerprint density at radius 3 is 2.29 bits per heavy atom. The first kappa shape index (κ1) is 25.9. The summed E-state index contributed by atoms with van der Waals surface area (Å²) in [4.78, 5) is 37.4.